The van der Waals surface area contributed by atoms with Gasteiger partial charge in [-0.2, -0.15) is 0 Å². The molecule has 0 spiro atoms. The van der Waals surface area contributed by atoms with Crippen molar-refractivity contribution < 1.29 is 9.18 Å². The molecule has 1 aromatic rings. The number of nitrogens with zero attached hydrogens (tertiary/aromatic N) is 1. The molecule has 4 nitrogen and oxygen atoms in total. The molecule has 1 fully saturated rings. The molecule has 1 aromatic carbocycles. The predicted octanol–water partition coefficient (Wildman–Crippen LogP) is 2.08. The van der Waals surface area contributed by atoms with Crippen LogP contribution in [0, 0.1) is 11.7 Å². The first kappa shape index (κ1) is 13.8. The van der Waals surface area contributed by atoms with Crippen LogP contribution in [0.15, 0.2) is 18.2 Å². The molecule has 1 aliphatic carbocycles. The first-order valence-electron chi connectivity index (χ1n) is 6.65. The molecule has 0 aromatic heterocycles. The van der Waals surface area contributed by atoms with E-state index in [1.807, 2.05) is 6.92 Å². The summed E-state index contributed by atoms with van der Waals surface area (Å²) in [5.41, 5.74) is 6.04. The van der Waals surface area contributed by atoms with Gasteiger partial charge in [-0.3, -0.25) is 9.69 Å². The first-order valence-corrected chi connectivity index (χ1v) is 6.65. The van der Waals surface area contributed by atoms with E-state index in [1.54, 1.807) is 0 Å². The molecule has 0 atom stereocenters. The quantitative estimate of drug-likeness (QED) is 0.774. The highest BCUT2D eigenvalue weighted by atomic mass is 19.1. The number of nitrogens with one attached hydrogen (secondary N) is 1. The molecule has 104 valence electrons. The topological polar surface area (TPSA) is 58.4 Å². The standard InChI is InChI=1S/C14H20FN3O/c1-2-18(8-10-3-4-10)9-14(19)17-11-5-6-12(15)13(16)7-11/h5-7,10H,2-4,8-9,16H2,1H3,(H,17,19). The number of anilines is 2. The van der Waals surface area contributed by atoms with E-state index < -0.39 is 5.82 Å². The Morgan fingerprint density at radius 1 is 1.53 bits per heavy atom. The van der Waals surface area contributed by atoms with Crippen molar-refractivity contribution in [3.8, 4) is 0 Å². The van der Waals surface area contributed by atoms with E-state index in [4.69, 9.17) is 5.73 Å². The van der Waals surface area contributed by atoms with Crippen LogP contribution in [0.5, 0.6) is 0 Å². The van der Waals surface area contributed by atoms with E-state index >= 15 is 0 Å². The van der Waals surface area contributed by atoms with Gasteiger partial charge in [0.05, 0.1) is 12.2 Å². The summed E-state index contributed by atoms with van der Waals surface area (Å²) in [7, 11) is 0. The molecule has 2 rings (SSSR count). The number of hydrogen-bond donors (Lipinski definition) is 2. The van der Waals surface area contributed by atoms with Crippen molar-refractivity contribution in [2.45, 2.75) is 19.8 Å². The number of hydrogen-bond acceptors (Lipinski definition) is 3. The molecule has 1 saturated carbocycles. The van der Waals surface area contributed by atoms with E-state index in [2.05, 4.69) is 10.2 Å². The summed E-state index contributed by atoms with van der Waals surface area (Å²) in [4.78, 5) is 14.0. The minimum atomic E-state index is -0.470. The van der Waals surface area contributed by atoms with Gasteiger partial charge in [0.25, 0.3) is 0 Å². The van der Waals surface area contributed by atoms with Gasteiger partial charge in [0.1, 0.15) is 5.82 Å². The Hall–Kier alpha value is -1.62. The molecule has 1 aliphatic rings. The van der Waals surface area contributed by atoms with Gasteiger partial charge < -0.3 is 11.1 Å². The zero-order valence-corrected chi connectivity index (χ0v) is 11.2. The highest BCUT2D eigenvalue weighted by molar-refractivity contribution is 5.92. The number of amides is 1. The number of nitrogen functional groups attached to an aromatic ring is 1. The molecule has 1 amide bonds. The normalized spacial score (nSPS) is 14.7. The summed E-state index contributed by atoms with van der Waals surface area (Å²) >= 11 is 0. The molecule has 0 bridgehead atoms. The largest absolute Gasteiger partial charge is 0.396 e. The second-order valence-electron chi connectivity index (χ2n) is 5.06. The summed E-state index contributed by atoms with van der Waals surface area (Å²) in [5.74, 6) is 0.199. The van der Waals surface area contributed by atoms with Gasteiger partial charge in [-0.1, -0.05) is 6.92 Å². The molecule has 0 unspecified atom stereocenters. The summed E-state index contributed by atoms with van der Waals surface area (Å²) in [6.07, 6.45) is 2.54. The van der Waals surface area contributed by atoms with Crippen LogP contribution in [-0.4, -0.2) is 30.4 Å². The van der Waals surface area contributed by atoms with Gasteiger partial charge in [-0.25, -0.2) is 4.39 Å². The number of nitrogens with two attached hydrogens (primary N) is 1. The average Bonchev–Trinajstić information content (AvgIpc) is 3.17. The van der Waals surface area contributed by atoms with Gasteiger partial charge in [0.2, 0.25) is 5.91 Å². The Kier molecular flexibility index (Phi) is 4.37. The average molecular weight is 265 g/mol. The summed E-state index contributed by atoms with van der Waals surface area (Å²) < 4.78 is 13.0. The number of benzene rings is 1. The summed E-state index contributed by atoms with van der Waals surface area (Å²) in [5, 5.41) is 2.74. The lowest BCUT2D eigenvalue weighted by molar-refractivity contribution is -0.117. The second kappa shape index (κ2) is 6.02. The lowest BCUT2D eigenvalue weighted by Crippen LogP contribution is -2.34. The third-order valence-electron chi connectivity index (χ3n) is 3.31. The highest BCUT2D eigenvalue weighted by Crippen LogP contribution is 2.29. The highest BCUT2D eigenvalue weighted by Gasteiger charge is 2.24. The van der Waals surface area contributed by atoms with Crippen LogP contribution in [0.3, 0.4) is 0 Å². The van der Waals surface area contributed by atoms with Crippen molar-refractivity contribution >= 4 is 17.3 Å². The summed E-state index contributed by atoms with van der Waals surface area (Å²) in [6, 6.07) is 4.21. The van der Waals surface area contributed by atoms with E-state index in [0.29, 0.717) is 12.2 Å². The zero-order chi connectivity index (χ0) is 13.8. The van der Waals surface area contributed by atoms with Crippen LogP contribution in [-0.2, 0) is 4.79 Å². The van der Waals surface area contributed by atoms with E-state index in [0.717, 1.165) is 19.0 Å². The molecule has 0 aliphatic heterocycles. The third kappa shape index (κ3) is 4.21. The number of carbonyl (C=O) groups is 1. The van der Waals surface area contributed by atoms with Crippen molar-refractivity contribution in [2.24, 2.45) is 5.92 Å². The fraction of sp³-hybridized carbons (Fsp3) is 0.500. The minimum absolute atomic E-state index is 0.0446. The van der Waals surface area contributed by atoms with Crippen molar-refractivity contribution in [2.75, 3.05) is 30.7 Å². The first-order chi connectivity index (χ1) is 9.08. The van der Waals surface area contributed by atoms with Gasteiger partial charge in [-0.05, 0) is 43.5 Å². The van der Waals surface area contributed by atoms with Gasteiger partial charge in [-0.15, -0.1) is 0 Å². The van der Waals surface area contributed by atoms with Crippen LogP contribution in [0.4, 0.5) is 15.8 Å². The number of likely N-dealkylation sites (N-methyl/N-ethyl adjacent to an activating group) is 1. The fourth-order valence-corrected chi connectivity index (χ4v) is 2.00. The molecule has 5 heteroatoms. The van der Waals surface area contributed by atoms with E-state index in [9.17, 15) is 9.18 Å². The smallest absolute Gasteiger partial charge is 0.238 e. The maximum atomic E-state index is 13.0. The Morgan fingerprint density at radius 2 is 2.26 bits per heavy atom. The third-order valence-corrected chi connectivity index (χ3v) is 3.31. The zero-order valence-electron chi connectivity index (χ0n) is 11.2. The Bertz CT molecular complexity index is 460. The molecule has 0 saturated heterocycles. The molecule has 19 heavy (non-hydrogen) atoms. The van der Waals surface area contributed by atoms with Crippen molar-refractivity contribution in [3.05, 3.63) is 24.0 Å². The Labute approximate surface area is 112 Å². The number of carbonyl (C=O) groups excluding carboxylic acids is 1. The minimum Gasteiger partial charge on any atom is -0.396 e. The second-order valence-corrected chi connectivity index (χ2v) is 5.06. The maximum Gasteiger partial charge on any atom is 0.238 e. The van der Waals surface area contributed by atoms with Crippen LogP contribution >= 0.6 is 0 Å². The monoisotopic (exact) mass is 265 g/mol. The molecule has 0 radical (unpaired) electrons. The lowest BCUT2D eigenvalue weighted by Gasteiger charge is -2.19. The SMILES string of the molecule is CCN(CC(=O)Nc1ccc(F)c(N)c1)CC1CC1. The lowest BCUT2D eigenvalue weighted by atomic mass is 10.2. The Balaban J connectivity index is 1.86. The predicted molar refractivity (Wildman–Crippen MR) is 74.3 cm³/mol. The van der Waals surface area contributed by atoms with E-state index in [1.165, 1.54) is 31.0 Å². The molecular weight excluding hydrogens is 245 g/mol. The molecular formula is C14H20FN3O. The van der Waals surface area contributed by atoms with E-state index in [-0.39, 0.29) is 11.6 Å². The molecule has 0 heterocycles. The fourth-order valence-electron chi connectivity index (χ4n) is 2.00. The Morgan fingerprint density at radius 3 is 2.84 bits per heavy atom. The van der Waals surface area contributed by atoms with Crippen molar-refractivity contribution in [1.29, 1.82) is 0 Å². The van der Waals surface area contributed by atoms with Gasteiger partial charge in [0, 0.05) is 12.2 Å². The van der Waals surface area contributed by atoms with Gasteiger partial charge >= 0.3 is 0 Å². The maximum absolute atomic E-state index is 13.0. The number of rotatable bonds is 6. The van der Waals surface area contributed by atoms with Crippen molar-refractivity contribution in [1.82, 2.24) is 4.90 Å². The van der Waals surface area contributed by atoms with Crippen LogP contribution in [0.1, 0.15) is 19.8 Å². The van der Waals surface area contributed by atoms with Crippen LogP contribution < -0.4 is 11.1 Å². The van der Waals surface area contributed by atoms with Crippen LogP contribution in [0.2, 0.25) is 0 Å². The number of halogens is 1. The van der Waals surface area contributed by atoms with Gasteiger partial charge in [0.15, 0.2) is 0 Å². The molecule has 3 N–H and O–H groups in total. The van der Waals surface area contributed by atoms with Crippen LogP contribution in [0.25, 0.3) is 0 Å². The van der Waals surface area contributed by atoms with Crippen molar-refractivity contribution in [3.63, 3.8) is 0 Å². The summed E-state index contributed by atoms with van der Waals surface area (Å²) in [6.45, 7) is 4.25.